The molecule has 0 radical (unpaired) electrons. The number of hydrogen-bond donors (Lipinski definition) is 1. The van der Waals surface area contributed by atoms with Crippen LogP contribution in [0.3, 0.4) is 0 Å². The summed E-state index contributed by atoms with van der Waals surface area (Å²) in [7, 11) is 0. The lowest BCUT2D eigenvalue weighted by Crippen LogP contribution is -2.11. The molecule has 0 unspecified atom stereocenters. The van der Waals surface area contributed by atoms with Crippen molar-refractivity contribution in [1.29, 1.82) is 0 Å². The quantitative estimate of drug-likeness (QED) is 0.764. The van der Waals surface area contributed by atoms with E-state index in [2.05, 4.69) is 19.9 Å². The number of halogens is 1. The number of rotatable bonds is 4. The third kappa shape index (κ3) is 2.96. The van der Waals surface area contributed by atoms with Gasteiger partial charge in [-0.3, -0.25) is 0 Å². The van der Waals surface area contributed by atoms with E-state index in [-0.39, 0.29) is 17.7 Å². The number of nitrogens with zero attached hydrogens (tertiary/aromatic N) is 4. The lowest BCUT2D eigenvalue weighted by molar-refractivity contribution is 0.371. The molecule has 4 rings (SSSR count). The molecule has 0 amide bonds. The number of hydrogen-bond acceptors (Lipinski definition) is 6. The number of anilines is 1. The first-order valence-electron chi connectivity index (χ1n) is 8.50. The molecule has 2 aromatic heterocycles. The monoisotopic (exact) mass is 351 g/mol. The van der Waals surface area contributed by atoms with Crippen LogP contribution in [0.1, 0.15) is 36.4 Å². The zero-order valence-corrected chi connectivity index (χ0v) is 14.3. The van der Waals surface area contributed by atoms with Crippen LogP contribution >= 0.6 is 0 Å². The van der Waals surface area contributed by atoms with E-state index in [0.29, 0.717) is 22.7 Å². The van der Waals surface area contributed by atoms with Crippen LogP contribution in [-0.2, 0) is 0 Å². The van der Waals surface area contributed by atoms with Crippen molar-refractivity contribution in [1.82, 2.24) is 19.9 Å². The molecule has 0 saturated heterocycles. The van der Waals surface area contributed by atoms with Crippen LogP contribution in [0.5, 0.6) is 11.8 Å². The Labute approximate surface area is 150 Å². The minimum atomic E-state index is -0.460. The highest BCUT2D eigenvalue weighted by Crippen LogP contribution is 2.45. The highest BCUT2D eigenvalue weighted by Gasteiger charge is 2.27. The van der Waals surface area contributed by atoms with Gasteiger partial charge in [-0.2, -0.15) is 0 Å². The van der Waals surface area contributed by atoms with Crippen LogP contribution in [0.15, 0.2) is 36.8 Å². The Balaban J connectivity index is 1.83. The predicted octanol–water partition coefficient (Wildman–Crippen LogP) is 4.02. The summed E-state index contributed by atoms with van der Waals surface area (Å²) in [6.07, 6.45) is 7.84. The normalized spacial score (nSPS) is 14.1. The van der Waals surface area contributed by atoms with E-state index in [4.69, 9.17) is 10.5 Å². The van der Waals surface area contributed by atoms with Gasteiger partial charge in [0.1, 0.15) is 0 Å². The first-order valence-corrected chi connectivity index (χ1v) is 8.50. The third-order valence-electron chi connectivity index (χ3n) is 4.70. The lowest BCUT2D eigenvalue weighted by Gasteiger charge is -2.28. The Morgan fingerprint density at radius 3 is 2.54 bits per heavy atom. The second-order valence-electron chi connectivity index (χ2n) is 6.33. The molecule has 2 N–H and O–H groups in total. The molecule has 3 aromatic rings. The van der Waals surface area contributed by atoms with Crippen LogP contribution in [0, 0.1) is 12.7 Å². The van der Waals surface area contributed by atoms with Gasteiger partial charge in [0.2, 0.25) is 5.95 Å². The molecule has 1 saturated carbocycles. The van der Waals surface area contributed by atoms with Gasteiger partial charge in [-0.1, -0.05) is 18.6 Å². The van der Waals surface area contributed by atoms with E-state index in [1.54, 1.807) is 31.5 Å². The van der Waals surface area contributed by atoms with Gasteiger partial charge in [0.25, 0.3) is 0 Å². The zero-order valence-electron chi connectivity index (χ0n) is 14.3. The van der Waals surface area contributed by atoms with Gasteiger partial charge < -0.3 is 10.5 Å². The van der Waals surface area contributed by atoms with Gasteiger partial charge in [0.15, 0.2) is 11.6 Å². The minimum absolute atomic E-state index is 0.120. The number of ether oxygens (including phenoxy) is 1. The van der Waals surface area contributed by atoms with Crippen LogP contribution in [0.4, 0.5) is 10.3 Å². The molecule has 26 heavy (non-hydrogen) atoms. The van der Waals surface area contributed by atoms with Crippen molar-refractivity contribution >= 4 is 5.95 Å². The predicted molar refractivity (Wildman–Crippen MR) is 95.3 cm³/mol. The number of nitrogens with two attached hydrogens (primary N) is 1. The molecule has 0 bridgehead atoms. The largest absolute Gasteiger partial charge is 0.421 e. The fraction of sp³-hybridized carbons (Fsp3) is 0.263. The average Bonchev–Trinajstić information content (AvgIpc) is 2.58. The lowest BCUT2D eigenvalue weighted by atomic mass is 9.79. The number of aromatic nitrogens is 4. The van der Waals surface area contributed by atoms with Crippen LogP contribution in [0.2, 0.25) is 0 Å². The Hall–Kier alpha value is -3.09. The van der Waals surface area contributed by atoms with E-state index in [9.17, 15) is 0 Å². The zero-order chi connectivity index (χ0) is 18.1. The van der Waals surface area contributed by atoms with E-state index in [1.807, 2.05) is 6.07 Å². The molecular formula is C19H18FN5O. The maximum atomic E-state index is 15.4. The Kier molecular flexibility index (Phi) is 4.20. The molecule has 0 spiro atoms. The molecule has 1 fully saturated rings. The van der Waals surface area contributed by atoms with Crippen molar-refractivity contribution in [3.05, 3.63) is 53.9 Å². The molecule has 0 aliphatic heterocycles. The smallest absolute Gasteiger partial charge is 0.321 e. The molecule has 132 valence electrons. The van der Waals surface area contributed by atoms with Crippen LogP contribution < -0.4 is 10.5 Å². The molecule has 7 heteroatoms. The highest BCUT2D eigenvalue weighted by atomic mass is 19.1. The van der Waals surface area contributed by atoms with Crippen molar-refractivity contribution in [2.45, 2.75) is 32.1 Å². The summed E-state index contributed by atoms with van der Waals surface area (Å²) in [6, 6.07) is 5.47. The molecular weight excluding hydrogens is 333 g/mol. The number of nitrogen functional groups attached to an aromatic ring is 1. The van der Waals surface area contributed by atoms with E-state index >= 15 is 4.39 Å². The van der Waals surface area contributed by atoms with Crippen molar-refractivity contribution in [2.75, 3.05) is 5.73 Å². The molecule has 2 heterocycles. The van der Waals surface area contributed by atoms with Crippen LogP contribution in [0.25, 0.3) is 11.1 Å². The second kappa shape index (κ2) is 6.67. The van der Waals surface area contributed by atoms with Crippen molar-refractivity contribution in [3.8, 4) is 22.9 Å². The minimum Gasteiger partial charge on any atom is -0.421 e. The molecule has 6 nitrogen and oxygen atoms in total. The summed E-state index contributed by atoms with van der Waals surface area (Å²) in [5, 5.41) is 0. The Morgan fingerprint density at radius 2 is 1.88 bits per heavy atom. The first kappa shape index (κ1) is 16.4. The van der Waals surface area contributed by atoms with Crippen LogP contribution in [-0.4, -0.2) is 19.9 Å². The Bertz CT molecular complexity index is 944. The SMILES string of the molecule is Cc1nc(N)ncc1-c1ccc(C2CCC2)c(Oc2ncccn2)c1F. The summed E-state index contributed by atoms with van der Waals surface area (Å²) >= 11 is 0. The summed E-state index contributed by atoms with van der Waals surface area (Å²) in [5.74, 6) is 0.167. The summed E-state index contributed by atoms with van der Waals surface area (Å²) in [5.41, 5.74) is 8.01. The maximum absolute atomic E-state index is 15.4. The van der Waals surface area contributed by atoms with Crippen molar-refractivity contribution in [3.63, 3.8) is 0 Å². The maximum Gasteiger partial charge on any atom is 0.321 e. The number of benzene rings is 1. The van der Waals surface area contributed by atoms with Gasteiger partial charge in [-0.05, 0) is 31.7 Å². The summed E-state index contributed by atoms with van der Waals surface area (Å²) in [6.45, 7) is 1.77. The van der Waals surface area contributed by atoms with E-state index in [1.165, 1.54) is 6.20 Å². The fourth-order valence-corrected chi connectivity index (χ4v) is 3.10. The van der Waals surface area contributed by atoms with E-state index < -0.39 is 5.82 Å². The molecule has 1 aliphatic rings. The summed E-state index contributed by atoms with van der Waals surface area (Å²) < 4.78 is 21.2. The van der Waals surface area contributed by atoms with E-state index in [0.717, 1.165) is 24.8 Å². The first-order chi connectivity index (χ1) is 12.6. The topological polar surface area (TPSA) is 86.8 Å². The third-order valence-corrected chi connectivity index (χ3v) is 4.70. The van der Waals surface area contributed by atoms with Crippen molar-refractivity contribution < 1.29 is 9.13 Å². The standard InChI is InChI=1S/C19H18FN5O/c1-11-15(10-24-18(21)25-11)14-7-6-13(12-4-2-5-12)17(16(14)20)26-19-22-8-3-9-23-19/h3,6-10,12H,2,4-5H2,1H3,(H2,21,24,25). The summed E-state index contributed by atoms with van der Waals surface area (Å²) in [4.78, 5) is 16.2. The van der Waals surface area contributed by atoms with Gasteiger partial charge in [0, 0.05) is 35.3 Å². The number of aryl methyl sites for hydroxylation is 1. The Morgan fingerprint density at radius 1 is 1.12 bits per heavy atom. The van der Waals surface area contributed by atoms with Gasteiger partial charge >= 0.3 is 6.01 Å². The second-order valence-corrected chi connectivity index (χ2v) is 6.33. The van der Waals surface area contributed by atoms with Gasteiger partial charge in [-0.25, -0.2) is 24.3 Å². The molecule has 1 aliphatic carbocycles. The highest BCUT2D eigenvalue weighted by molar-refractivity contribution is 5.69. The van der Waals surface area contributed by atoms with Crippen molar-refractivity contribution in [2.24, 2.45) is 0 Å². The van der Waals surface area contributed by atoms with Gasteiger partial charge in [0.05, 0.1) is 5.69 Å². The molecule has 0 atom stereocenters. The average molecular weight is 351 g/mol. The fourth-order valence-electron chi connectivity index (χ4n) is 3.10. The molecule has 1 aromatic carbocycles. The van der Waals surface area contributed by atoms with Gasteiger partial charge in [-0.15, -0.1) is 0 Å².